The molecule has 6 nitrogen and oxygen atoms in total. The molecule has 156 valence electrons. The van der Waals surface area contributed by atoms with Gasteiger partial charge >= 0.3 is 0 Å². The number of anilines is 1. The lowest BCUT2D eigenvalue weighted by molar-refractivity contribution is -0.116. The van der Waals surface area contributed by atoms with E-state index < -0.39 is 0 Å². The summed E-state index contributed by atoms with van der Waals surface area (Å²) >= 11 is 0. The van der Waals surface area contributed by atoms with Crippen LogP contribution < -0.4 is 5.32 Å². The molecule has 0 unspecified atom stereocenters. The van der Waals surface area contributed by atoms with E-state index >= 15 is 0 Å². The molecule has 0 fully saturated rings. The highest BCUT2D eigenvalue weighted by atomic mass is 16.2. The fourth-order valence-electron chi connectivity index (χ4n) is 3.47. The summed E-state index contributed by atoms with van der Waals surface area (Å²) in [6.07, 6.45) is 1.76. The second-order valence-corrected chi connectivity index (χ2v) is 7.72. The van der Waals surface area contributed by atoms with Crippen LogP contribution in [0.2, 0.25) is 0 Å². The van der Waals surface area contributed by atoms with Crippen molar-refractivity contribution in [2.45, 2.75) is 34.2 Å². The van der Waals surface area contributed by atoms with Crippen molar-refractivity contribution in [3.8, 4) is 0 Å². The Kier molecular flexibility index (Phi) is 6.35. The van der Waals surface area contributed by atoms with Crippen LogP contribution in [-0.4, -0.2) is 39.9 Å². The fraction of sp³-hybridized carbons (Fsp3) is 0.292. The molecule has 0 saturated carbocycles. The summed E-state index contributed by atoms with van der Waals surface area (Å²) in [5.41, 5.74) is 6.21. The summed E-state index contributed by atoms with van der Waals surface area (Å²) in [5, 5.41) is 2.91. The van der Waals surface area contributed by atoms with Crippen LogP contribution in [0.3, 0.4) is 0 Å². The predicted molar refractivity (Wildman–Crippen MR) is 119 cm³/mol. The molecule has 0 bridgehead atoms. The van der Waals surface area contributed by atoms with Gasteiger partial charge in [0.15, 0.2) is 0 Å². The highest BCUT2D eigenvalue weighted by molar-refractivity contribution is 6.00. The number of nitrogens with zero attached hydrogens (tertiary/aromatic N) is 3. The number of hydrogen-bond donors (Lipinski definition) is 1. The Morgan fingerprint density at radius 2 is 1.83 bits per heavy atom. The average molecular weight is 405 g/mol. The second kappa shape index (κ2) is 8.95. The maximum atomic E-state index is 13.0. The molecule has 30 heavy (non-hydrogen) atoms. The molecule has 0 aliphatic heterocycles. The van der Waals surface area contributed by atoms with Crippen molar-refractivity contribution in [2.24, 2.45) is 0 Å². The van der Waals surface area contributed by atoms with Crippen LogP contribution in [-0.2, 0) is 11.3 Å². The van der Waals surface area contributed by atoms with E-state index in [0.717, 1.165) is 33.9 Å². The van der Waals surface area contributed by atoms with Crippen molar-refractivity contribution in [3.05, 3.63) is 82.4 Å². The number of hydrogen-bond acceptors (Lipinski definition) is 3. The quantitative estimate of drug-likeness (QED) is 0.678. The number of amides is 2. The third kappa shape index (κ3) is 4.76. The van der Waals surface area contributed by atoms with Crippen LogP contribution in [0.1, 0.15) is 38.6 Å². The first-order valence-corrected chi connectivity index (χ1v) is 9.95. The molecule has 3 rings (SSSR count). The molecular weight excluding hydrogens is 376 g/mol. The largest absolute Gasteiger partial charge is 0.342 e. The monoisotopic (exact) mass is 404 g/mol. The normalized spacial score (nSPS) is 10.7. The molecule has 0 radical (unpaired) electrons. The van der Waals surface area contributed by atoms with Gasteiger partial charge in [-0.25, -0.2) is 0 Å². The Morgan fingerprint density at radius 3 is 2.53 bits per heavy atom. The zero-order valence-corrected chi connectivity index (χ0v) is 18.2. The molecule has 2 heterocycles. The lowest BCUT2D eigenvalue weighted by Crippen LogP contribution is -2.35. The topological polar surface area (TPSA) is 67.2 Å². The summed E-state index contributed by atoms with van der Waals surface area (Å²) in [6.45, 7) is 8.40. The number of pyridine rings is 1. The summed E-state index contributed by atoms with van der Waals surface area (Å²) in [6, 6.07) is 13.6. The number of rotatable bonds is 6. The first-order valence-electron chi connectivity index (χ1n) is 9.95. The Labute approximate surface area is 177 Å². The summed E-state index contributed by atoms with van der Waals surface area (Å²) in [5.74, 6) is -0.395. The van der Waals surface area contributed by atoms with Crippen molar-refractivity contribution in [1.82, 2.24) is 14.5 Å². The summed E-state index contributed by atoms with van der Waals surface area (Å²) in [7, 11) is 1.65. The van der Waals surface area contributed by atoms with Crippen molar-refractivity contribution >= 4 is 17.5 Å². The third-order valence-corrected chi connectivity index (χ3v) is 5.24. The zero-order chi connectivity index (χ0) is 21.8. The standard InChI is InChI=1S/C24H28N4O2/c1-16-9-10-17(2)22(12-16)26-23(29)15-27(5)24(30)21-13-18(3)28(19(21)4)14-20-8-6-7-11-25-20/h6-13H,14-15H2,1-5H3,(H,26,29). The van der Waals surface area contributed by atoms with Crippen LogP contribution in [0.4, 0.5) is 5.69 Å². The third-order valence-electron chi connectivity index (χ3n) is 5.24. The maximum Gasteiger partial charge on any atom is 0.255 e. The van der Waals surface area contributed by atoms with Crippen LogP contribution in [0, 0.1) is 27.7 Å². The van der Waals surface area contributed by atoms with E-state index in [-0.39, 0.29) is 18.4 Å². The number of carbonyl (C=O) groups is 2. The van der Waals surface area contributed by atoms with Crippen LogP contribution in [0.15, 0.2) is 48.7 Å². The van der Waals surface area contributed by atoms with E-state index in [4.69, 9.17) is 0 Å². The van der Waals surface area contributed by atoms with Crippen LogP contribution in [0.5, 0.6) is 0 Å². The van der Waals surface area contributed by atoms with Gasteiger partial charge in [-0.05, 0) is 63.1 Å². The molecule has 1 aromatic carbocycles. The predicted octanol–water partition coefficient (Wildman–Crippen LogP) is 3.88. The summed E-state index contributed by atoms with van der Waals surface area (Å²) < 4.78 is 2.07. The van der Waals surface area contributed by atoms with Gasteiger partial charge in [-0.1, -0.05) is 18.2 Å². The first-order chi connectivity index (χ1) is 14.3. The number of likely N-dealkylation sites (N-methyl/N-ethyl adjacent to an activating group) is 1. The summed E-state index contributed by atoms with van der Waals surface area (Å²) in [4.78, 5) is 31.3. The number of carbonyl (C=O) groups excluding carboxylic acids is 2. The molecule has 2 amide bonds. The molecule has 0 spiro atoms. The van der Waals surface area contributed by atoms with Crippen LogP contribution >= 0.6 is 0 Å². The van der Waals surface area contributed by atoms with Gasteiger partial charge < -0.3 is 14.8 Å². The Bertz CT molecular complexity index is 1070. The lowest BCUT2D eigenvalue weighted by Gasteiger charge is -2.18. The highest BCUT2D eigenvalue weighted by Crippen LogP contribution is 2.19. The second-order valence-electron chi connectivity index (χ2n) is 7.72. The molecule has 0 saturated heterocycles. The number of aromatic nitrogens is 2. The van der Waals surface area contributed by atoms with E-state index in [1.54, 1.807) is 13.2 Å². The van der Waals surface area contributed by atoms with Crippen molar-refractivity contribution < 1.29 is 9.59 Å². The molecule has 0 aliphatic carbocycles. The number of nitrogens with one attached hydrogen (secondary N) is 1. The zero-order valence-electron chi connectivity index (χ0n) is 18.2. The highest BCUT2D eigenvalue weighted by Gasteiger charge is 2.21. The van der Waals surface area contributed by atoms with Crippen molar-refractivity contribution in [1.29, 1.82) is 0 Å². The van der Waals surface area contributed by atoms with E-state index in [0.29, 0.717) is 12.1 Å². The maximum absolute atomic E-state index is 13.0. The molecule has 0 atom stereocenters. The number of aryl methyl sites for hydroxylation is 3. The molecule has 1 N–H and O–H groups in total. The van der Waals surface area contributed by atoms with E-state index in [1.807, 2.05) is 70.2 Å². The minimum absolute atomic E-state index is 0.0177. The van der Waals surface area contributed by atoms with Gasteiger partial charge in [-0.15, -0.1) is 0 Å². The van der Waals surface area contributed by atoms with Crippen molar-refractivity contribution in [2.75, 3.05) is 18.9 Å². The fourth-order valence-corrected chi connectivity index (χ4v) is 3.47. The minimum Gasteiger partial charge on any atom is -0.342 e. The Balaban J connectivity index is 1.70. The van der Waals surface area contributed by atoms with Gasteiger partial charge in [0, 0.05) is 30.3 Å². The Hall–Kier alpha value is -3.41. The van der Waals surface area contributed by atoms with Gasteiger partial charge in [0.1, 0.15) is 0 Å². The number of benzene rings is 1. The molecule has 2 aromatic heterocycles. The van der Waals surface area contributed by atoms with Gasteiger partial charge in [0.25, 0.3) is 5.91 Å². The SMILES string of the molecule is Cc1ccc(C)c(NC(=O)CN(C)C(=O)c2cc(C)n(Cc3ccccn3)c2C)c1. The van der Waals surface area contributed by atoms with Gasteiger partial charge in [0.2, 0.25) is 5.91 Å². The Morgan fingerprint density at radius 1 is 1.07 bits per heavy atom. The molecule has 6 heteroatoms. The van der Waals surface area contributed by atoms with E-state index in [1.165, 1.54) is 4.90 Å². The van der Waals surface area contributed by atoms with E-state index in [9.17, 15) is 9.59 Å². The smallest absolute Gasteiger partial charge is 0.255 e. The lowest BCUT2D eigenvalue weighted by atomic mass is 10.1. The van der Waals surface area contributed by atoms with Gasteiger partial charge in [0.05, 0.1) is 24.3 Å². The first kappa shape index (κ1) is 21.3. The minimum atomic E-state index is -0.221. The van der Waals surface area contributed by atoms with E-state index in [2.05, 4.69) is 14.9 Å². The van der Waals surface area contributed by atoms with Crippen molar-refractivity contribution in [3.63, 3.8) is 0 Å². The van der Waals surface area contributed by atoms with Gasteiger partial charge in [-0.3, -0.25) is 14.6 Å². The van der Waals surface area contributed by atoms with Crippen LogP contribution in [0.25, 0.3) is 0 Å². The molecular formula is C24H28N4O2. The average Bonchev–Trinajstić information content (AvgIpc) is 2.99. The molecule has 0 aliphatic rings. The molecule has 3 aromatic rings. The van der Waals surface area contributed by atoms with Gasteiger partial charge in [-0.2, -0.15) is 0 Å².